The van der Waals surface area contributed by atoms with Gasteiger partial charge in [-0.05, 0) is 25.5 Å². The number of nitrogens with zero attached hydrogens (tertiary/aromatic N) is 1. The first kappa shape index (κ1) is 24.6. The fraction of sp³-hybridized carbons (Fsp3) is 0.348. The molecule has 0 atom stereocenters. The molecule has 0 aliphatic heterocycles. The molecule has 0 saturated heterocycles. The molecular formula is C23H30IN3O4. The molecule has 0 aliphatic rings. The SMILES string of the molecule is CN=C(NCCc1ccc(OC)c(OC)c1OC)NCc1oc2ccccc2c1C.I. The number of fused-ring (bicyclic) bond motifs is 1. The van der Waals surface area contributed by atoms with Crippen LogP contribution in [0.1, 0.15) is 16.9 Å². The van der Waals surface area contributed by atoms with Gasteiger partial charge < -0.3 is 29.3 Å². The Balaban J connectivity index is 0.00000341. The fourth-order valence-corrected chi connectivity index (χ4v) is 3.45. The molecule has 1 aromatic heterocycles. The highest BCUT2D eigenvalue weighted by Gasteiger charge is 2.16. The number of para-hydroxylation sites is 1. The Morgan fingerprint density at radius 2 is 1.71 bits per heavy atom. The number of aliphatic imine (C=N–C) groups is 1. The van der Waals surface area contributed by atoms with Gasteiger partial charge in [-0.25, -0.2) is 0 Å². The molecule has 8 heteroatoms. The third-order valence-corrected chi connectivity index (χ3v) is 5.05. The predicted octanol–water partition coefficient (Wildman–Crippen LogP) is 4.29. The van der Waals surface area contributed by atoms with Crippen molar-refractivity contribution in [3.8, 4) is 17.2 Å². The molecule has 2 N–H and O–H groups in total. The summed E-state index contributed by atoms with van der Waals surface area (Å²) in [6.45, 7) is 3.30. The van der Waals surface area contributed by atoms with Crippen LogP contribution in [0.15, 0.2) is 45.8 Å². The van der Waals surface area contributed by atoms with Crippen LogP contribution in [-0.2, 0) is 13.0 Å². The lowest BCUT2D eigenvalue weighted by Crippen LogP contribution is -2.37. The zero-order chi connectivity index (χ0) is 21.5. The molecule has 168 valence electrons. The Morgan fingerprint density at radius 1 is 0.968 bits per heavy atom. The lowest BCUT2D eigenvalue weighted by Gasteiger charge is -2.16. The first-order chi connectivity index (χ1) is 14.6. The molecule has 0 amide bonds. The van der Waals surface area contributed by atoms with Crippen LogP contribution in [0.25, 0.3) is 11.0 Å². The van der Waals surface area contributed by atoms with Crippen molar-refractivity contribution in [1.29, 1.82) is 0 Å². The molecular weight excluding hydrogens is 509 g/mol. The summed E-state index contributed by atoms with van der Waals surface area (Å²) in [6.07, 6.45) is 0.730. The van der Waals surface area contributed by atoms with Crippen molar-refractivity contribution in [3.63, 3.8) is 0 Å². The monoisotopic (exact) mass is 539 g/mol. The molecule has 0 bridgehead atoms. The quantitative estimate of drug-likeness (QED) is 0.253. The van der Waals surface area contributed by atoms with Crippen molar-refractivity contribution in [2.24, 2.45) is 4.99 Å². The summed E-state index contributed by atoms with van der Waals surface area (Å²) in [7, 11) is 6.59. The van der Waals surface area contributed by atoms with Gasteiger partial charge >= 0.3 is 0 Å². The summed E-state index contributed by atoms with van der Waals surface area (Å²) in [4.78, 5) is 4.30. The van der Waals surface area contributed by atoms with Gasteiger partial charge in [-0.3, -0.25) is 4.99 Å². The Hall–Kier alpha value is -2.62. The van der Waals surface area contributed by atoms with Gasteiger partial charge in [-0.1, -0.05) is 24.3 Å². The maximum atomic E-state index is 5.96. The van der Waals surface area contributed by atoms with Crippen molar-refractivity contribution in [3.05, 3.63) is 53.3 Å². The van der Waals surface area contributed by atoms with Crippen LogP contribution in [0.2, 0.25) is 0 Å². The number of aryl methyl sites for hydroxylation is 1. The van der Waals surface area contributed by atoms with Crippen LogP contribution >= 0.6 is 24.0 Å². The van der Waals surface area contributed by atoms with E-state index < -0.39 is 0 Å². The Labute approximate surface area is 200 Å². The molecule has 31 heavy (non-hydrogen) atoms. The van der Waals surface area contributed by atoms with Crippen LogP contribution in [0, 0.1) is 6.92 Å². The van der Waals surface area contributed by atoms with Gasteiger partial charge in [-0.2, -0.15) is 0 Å². The summed E-state index contributed by atoms with van der Waals surface area (Å²) < 4.78 is 22.3. The van der Waals surface area contributed by atoms with E-state index in [2.05, 4.69) is 28.6 Å². The molecule has 0 radical (unpaired) electrons. The average molecular weight is 539 g/mol. The van der Waals surface area contributed by atoms with Gasteiger partial charge in [0.2, 0.25) is 5.75 Å². The fourth-order valence-electron chi connectivity index (χ4n) is 3.45. The van der Waals surface area contributed by atoms with E-state index in [9.17, 15) is 0 Å². The smallest absolute Gasteiger partial charge is 0.203 e. The van der Waals surface area contributed by atoms with Crippen LogP contribution in [0.5, 0.6) is 17.2 Å². The van der Waals surface area contributed by atoms with Crippen molar-refractivity contribution in [2.75, 3.05) is 34.9 Å². The van der Waals surface area contributed by atoms with E-state index in [-0.39, 0.29) is 24.0 Å². The van der Waals surface area contributed by atoms with Gasteiger partial charge in [-0.15, -0.1) is 24.0 Å². The van der Waals surface area contributed by atoms with Crippen LogP contribution in [0.4, 0.5) is 0 Å². The second-order valence-electron chi connectivity index (χ2n) is 6.74. The standard InChI is InChI=1S/C23H29N3O4.HI/c1-15-17-8-6-7-9-18(17)30-20(15)14-26-23(24-2)25-13-12-16-10-11-19(27-3)22(29-5)21(16)28-4;/h6-11H,12-14H2,1-5H3,(H2,24,25,26);1H. The Morgan fingerprint density at radius 3 is 2.35 bits per heavy atom. The van der Waals surface area contributed by atoms with E-state index in [1.807, 2.05) is 30.3 Å². The third kappa shape index (κ3) is 5.55. The number of ether oxygens (including phenoxy) is 3. The Bertz CT molecular complexity index is 1030. The van der Waals surface area contributed by atoms with Gasteiger partial charge in [0.15, 0.2) is 17.5 Å². The first-order valence-electron chi connectivity index (χ1n) is 9.82. The summed E-state index contributed by atoms with van der Waals surface area (Å²) >= 11 is 0. The number of hydrogen-bond donors (Lipinski definition) is 2. The topological polar surface area (TPSA) is 77.3 Å². The number of methoxy groups -OCH3 is 3. The Kier molecular flexibility index (Phi) is 9.29. The molecule has 7 nitrogen and oxygen atoms in total. The highest BCUT2D eigenvalue weighted by Crippen LogP contribution is 2.39. The molecule has 0 spiro atoms. The van der Waals surface area contributed by atoms with Gasteiger partial charge in [0.05, 0.1) is 27.9 Å². The molecule has 2 aromatic carbocycles. The summed E-state index contributed by atoms with van der Waals surface area (Å²) in [5, 5.41) is 7.78. The van der Waals surface area contributed by atoms with E-state index in [0.29, 0.717) is 36.3 Å². The number of rotatable bonds is 8. The zero-order valence-electron chi connectivity index (χ0n) is 18.6. The summed E-state index contributed by atoms with van der Waals surface area (Å²) in [5.74, 6) is 3.53. The van der Waals surface area contributed by atoms with Crippen LogP contribution in [-0.4, -0.2) is 40.9 Å². The molecule has 0 unspecified atom stereocenters. The molecule has 3 aromatic rings. The number of guanidine groups is 1. The molecule has 0 aliphatic carbocycles. The van der Waals surface area contributed by atoms with Crippen molar-refractivity contribution < 1.29 is 18.6 Å². The van der Waals surface area contributed by atoms with E-state index in [1.165, 1.54) is 0 Å². The van der Waals surface area contributed by atoms with Gasteiger partial charge in [0.25, 0.3) is 0 Å². The predicted molar refractivity (Wildman–Crippen MR) is 134 cm³/mol. The maximum Gasteiger partial charge on any atom is 0.203 e. The minimum Gasteiger partial charge on any atom is -0.493 e. The molecule has 1 heterocycles. The average Bonchev–Trinajstić information content (AvgIpc) is 3.11. The number of hydrogen-bond acceptors (Lipinski definition) is 5. The van der Waals surface area contributed by atoms with Crippen molar-refractivity contribution in [1.82, 2.24) is 10.6 Å². The molecule has 0 fully saturated rings. The van der Waals surface area contributed by atoms with E-state index in [1.54, 1.807) is 28.4 Å². The number of nitrogens with one attached hydrogen (secondary N) is 2. The van der Waals surface area contributed by atoms with Crippen LogP contribution < -0.4 is 24.8 Å². The largest absolute Gasteiger partial charge is 0.493 e. The van der Waals surface area contributed by atoms with E-state index in [4.69, 9.17) is 18.6 Å². The van der Waals surface area contributed by atoms with E-state index in [0.717, 1.165) is 34.3 Å². The van der Waals surface area contributed by atoms with Gasteiger partial charge in [0.1, 0.15) is 11.3 Å². The summed E-state index contributed by atoms with van der Waals surface area (Å²) in [5.41, 5.74) is 3.06. The highest BCUT2D eigenvalue weighted by molar-refractivity contribution is 14.0. The number of halogens is 1. The van der Waals surface area contributed by atoms with Crippen molar-refractivity contribution >= 4 is 40.9 Å². The van der Waals surface area contributed by atoms with Crippen LogP contribution in [0.3, 0.4) is 0 Å². The van der Waals surface area contributed by atoms with Gasteiger partial charge in [0, 0.05) is 30.1 Å². The normalized spacial score (nSPS) is 11.1. The van der Waals surface area contributed by atoms with Crippen molar-refractivity contribution in [2.45, 2.75) is 19.9 Å². The lowest BCUT2D eigenvalue weighted by molar-refractivity contribution is 0.322. The number of benzene rings is 2. The minimum atomic E-state index is 0. The lowest BCUT2D eigenvalue weighted by atomic mass is 10.1. The highest BCUT2D eigenvalue weighted by atomic mass is 127. The maximum absolute atomic E-state index is 5.96. The zero-order valence-corrected chi connectivity index (χ0v) is 20.9. The number of furan rings is 1. The molecule has 0 saturated carbocycles. The third-order valence-electron chi connectivity index (χ3n) is 5.05. The first-order valence-corrected chi connectivity index (χ1v) is 9.82. The second kappa shape index (κ2) is 11.7. The molecule has 3 rings (SSSR count). The second-order valence-corrected chi connectivity index (χ2v) is 6.74. The minimum absolute atomic E-state index is 0. The van der Waals surface area contributed by atoms with E-state index >= 15 is 0 Å². The summed E-state index contributed by atoms with van der Waals surface area (Å²) in [6, 6.07) is 11.9.